The molecule has 2 amide bonds. The number of hydrogen-bond acceptors (Lipinski definition) is 6. The molecule has 0 unspecified atom stereocenters. The molecule has 148 valence electrons. The van der Waals surface area contributed by atoms with Crippen LogP contribution in [0.5, 0.6) is 11.5 Å². The summed E-state index contributed by atoms with van der Waals surface area (Å²) in [5.41, 5.74) is 0.979. The SMILES string of the molecule is COc1ccccc1N(C)C(=O)CCS(=O)(=O)c1ccc2c(c1)OCC(=O)N2. The Hall–Kier alpha value is -3.07. The van der Waals surface area contributed by atoms with E-state index in [9.17, 15) is 18.0 Å². The van der Waals surface area contributed by atoms with Crippen LogP contribution in [0.15, 0.2) is 47.4 Å². The van der Waals surface area contributed by atoms with Crippen molar-refractivity contribution in [1.29, 1.82) is 0 Å². The second-order valence-corrected chi connectivity index (χ2v) is 8.30. The van der Waals surface area contributed by atoms with E-state index < -0.39 is 9.84 Å². The summed E-state index contributed by atoms with van der Waals surface area (Å²) in [5, 5.41) is 2.60. The van der Waals surface area contributed by atoms with E-state index in [1.54, 1.807) is 31.3 Å². The van der Waals surface area contributed by atoms with E-state index in [1.807, 2.05) is 0 Å². The molecule has 0 aliphatic carbocycles. The van der Waals surface area contributed by atoms with Crippen LogP contribution in [0.4, 0.5) is 11.4 Å². The molecule has 0 fully saturated rings. The molecule has 8 nitrogen and oxygen atoms in total. The monoisotopic (exact) mass is 404 g/mol. The Balaban J connectivity index is 1.71. The zero-order valence-corrected chi connectivity index (χ0v) is 16.3. The lowest BCUT2D eigenvalue weighted by atomic mass is 10.2. The fraction of sp³-hybridized carbons (Fsp3) is 0.263. The van der Waals surface area contributed by atoms with Gasteiger partial charge in [-0.3, -0.25) is 9.59 Å². The predicted octanol–water partition coefficient (Wildman–Crippen LogP) is 1.85. The standard InChI is InChI=1S/C19H20N2O6S/c1-21(15-5-3-4-6-16(15)26-2)19(23)9-10-28(24,25)13-7-8-14-17(11-13)27-12-18(22)20-14/h3-8,11H,9-10,12H2,1-2H3,(H,20,22). The van der Waals surface area contributed by atoms with Crippen molar-refractivity contribution in [1.82, 2.24) is 0 Å². The molecule has 0 saturated carbocycles. The van der Waals surface area contributed by atoms with Crippen molar-refractivity contribution in [3.63, 3.8) is 0 Å². The first-order chi connectivity index (χ1) is 13.3. The minimum Gasteiger partial charge on any atom is -0.495 e. The van der Waals surface area contributed by atoms with Gasteiger partial charge in [-0.25, -0.2) is 8.42 Å². The lowest BCUT2D eigenvalue weighted by molar-refractivity contribution is -0.119. The molecule has 0 spiro atoms. The number of nitrogens with zero attached hydrogens (tertiary/aromatic N) is 1. The lowest BCUT2D eigenvalue weighted by Crippen LogP contribution is -2.28. The minimum atomic E-state index is -3.71. The number of amides is 2. The number of ether oxygens (including phenoxy) is 2. The van der Waals surface area contributed by atoms with Crippen molar-refractivity contribution in [3.05, 3.63) is 42.5 Å². The van der Waals surface area contributed by atoms with Gasteiger partial charge in [0.2, 0.25) is 5.91 Å². The molecule has 2 aromatic rings. The van der Waals surface area contributed by atoms with E-state index >= 15 is 0 Å². The summed E-state index contributed by atoms with van der Waals surface area (Å²) in [5.74, 6) is -0.188. The number of fused-ring (bicyclic) bond motifs is 1. The van der Waals surface area contributed by atoms with Crippen molar-refractivity contribution in [2.24, 2.45) is 0 Å². The molecule has 2 aromatic carbocycles. The highest BCUT2D eigenvalue weighted by Crippen LogP contribution is 2.31. The van der Waals surface area contributed by atoms with Gasteiger partial charge in [-0.15, -0.1) is 0 Å². The van der Waals surface area contributed by atoms with Crippen LogP contribution in [0.25, 0.3) is 0 Å². The molecule has 1 aliphatic heterocycles. The summed E-state index contributed by atoms with van der Waals surface area (Å²) < 4.78 is 35.8. The van der Waals surface area contributed by atoms with Crippen LogP contribution in [-0.4, -0.2) is 46.7 Å². The molecule has 9 heteroatoms. The van der Waals surface area contributed by atoms with Gasteiger partial charge in [0.25, 0.3) is 5.91 Å². The molecule has 0 bridgehead atoms. The smallest absolute Gasteiger partial charge is 0.262 e. The highest BCUT2D eigenvalue weighted by atomic mass is 32.2. The summed E-state index contributed by atoms with van der Waals surface area (Å²) in [6.07, 6.45) is -0.189. The Labute approximate surface area is 163 Å². The van der Waals surface area contributed by atoms with Crippen molar-refractivity contribution in [2.45, 2.75) is 11.3 Å². The molecule has 3 rings (SSSR count). The summed E-state index contributed by atoms with van der Waals surface area (Å²) in [6, 6.07) is 11.2. The van der Waals surface area contributed by atoms with Crippen LogP contribution in [0.2, 0.25) is 0 Å². The number of carbonyl (C=O) groups excluding carboxylic acids is 2. The number of anilines is 2. The van der Waals surface area contributed by atoms with Crippen molar-refractivity contribution in [2.75, 3.05) is 36.7 Å². The Morgan fingerprint density at radius 1 is 1.25 bits per heavy atom. The second-order valence-electron chi connectivity index (χ2n) is 6.19. The Bertz CT molecular complexity index is 1020. The third-order valence-electron chi connectivity index (χ3n) is 4.35. The lowest BCUT2D eigenvalue weighted by Gasteiger charge is -2.20. The fourth-order valence-corrected chi connectivity index (χ4v) is 4.04. The number of benzene rings is 2. The quantitative estimate of drug-likeness (QED) is 0.788. The Morgan fingerprint density at radius 2 is 2.00 bits per heavy atom. The molecule has 0 atom stereocenters. The number of para-hydroxylation sites is 2. The molecule has 1 N–H and O–H groups in total. The second kappa shape index (κ2) is 7.89. The van der Waals surface area contributed by atoms with Crippen molar-refractivity contribution in [3.8, 4) is 11.5 Å². The van der Waals surface area contributed by atoms with Gasteiger partial charge in [0.15, 0.2) is 16.4 Å². The highest BCUT2D eigenvalue weighted by Gasteiger charge is 2.23. The van der Waals surface area contributed by atoms with Gasteiger partial charge in [0, 0.05) is 19.5 Å². The van der Waals surface area contributed by atoms with Crippen LogP contribution in [-0.2, 0) is 19.4 Å². The van der Waals surface area contributed by atoms with Crippen LogP contribution < -0.4 is 19.7 Å². The largest absolute Gasteiger partial charge is 0.495 e. The van der Waals surface area contributed by atoms with E-state index in [1.165, 1.54) is 30.2 Å². The number of hydrogen-bond donors (Lipinski definition) is 1. The van der Waals surface area contributed by atoms with E-state index in [4.69, 9.17) is 9.47 Å². The fourth-order valence-electron chi connectivity index (χ4n) is 2.80. The minimum absolute atomic E-state index is 0.0372. The molecule has 0 saturated heterocycles. The van der Waals surface area contributed by atoms with Gasteiger partial charge in [-0.05, 0) is 24.3 Å². The van der Waals surface area contributed by atoms with E-state index in [0.29, 0.717) is 17.1 Å². The maximum absolute atomic E-state index is 12.6. The van der Waals surface area contributed by atoms with Gasteiger partial charge in [0.1, 0.15) is 11.5 Å². The number of carbonyl (C=O) groups is 2. The normalized spacial score (nSPS) is 13.1. The first-order valence-electron chi connectivity index (χ1n) is 8.51. The third kappa shape index (κ3) is 4.09. The molecule has 1 aliphatic rings. The van der Waals surface area contributed by atoms with E-state index in [-0.39, 0.29) is 41.2 Å². The van der Waals surface area contributed by atoms with E-state index in [0.717, 1.165) is 0 Å². The first kappa shape index (κ1) is 19.7. The Morgan fingerprint density at radius 3 is 2.75 bits per heavy atom. The summed E-state index contributed by atoms with van der Waals surface area (Å²) in [6.45, 7) is -0.168. The van der Waals surface area contributed by atoms with Gasteiger partial charge < -0.3 is 19.7 Å². The zero-order valence-electron chi connectivity index (χ0n) is 15.5. The average molecular weight is 404 g/mol. The molecule has 28 heavy (non-hydrogen) atoms. The summed E-state index contributed by atoms with van der Waals surface area (Å²) >= 11 is 0. The summed E-state index contributed by atoms with van der Waals surface area (Å²) in [4.78, 5) is 25.2. The topological polar surface area (TPSA) is 102 Å². The van der Waals surface area contributed by atoms with Crippen LogP contribution >= 0.6 is 0 Å². The predicted molar refractivity (Wildman–Crippen MR) is 104 cm³/mol. The maximum atomic E-state index is 12.6. The molecular formula is C19H20N2O6S. The summed E-state index contributed by atoms with van der Waals surface area (Å²) in [7, 11) is -0.631. The zero-order chi connectivity index (χ0) is 20.3. The Kier molecular flexibility index (Phi) is 5.55. The number of sulfone groups is 1. The molecular weight excluding hydrogens is 384 g/mol. The molecule has 0 radical (unpaired) electrons. The highest BCUT2D eigenvalue weighted by molar-refractivity contribution is 7.91. The van der Waals surface area contributed by atoms with Gasteiger partial charge >= 0.3 is 0 Å². The van der Waals surface area contributed by atoms with Crippen LogP contribution in [0.1, 0.15) is 6.42 Å². The number of nitrogens with one attached hydrogen (secondary N) is 1. The molecule has 0 aromatic heterocycles. The van der Waals surface area contributed by atoms with Gasteiger partial charge in [0.05, 0.1) is 29.1 Å². The number of rotatable bonds is 6. The van der Waals surface area contributed by atoms with E-state index in [2.05, 4.69) is 5.32 Å². The van der Waals surface area contributed by atoms with Crippen molar-refractivity contribution >= 4 is 33.0 Å². The first-order valence-corrected chi connectivity index (χ1v) is 10.2. The van der Waals surface area contributed by atoms with Crippen LogP contribution in [0.3, 0.4) is 0 Å². The third-order valence-corrected chi connectivity index (χ3v) is 6.06. The van der Waals surface area contributed by atoms with Crippen molar-refractivity contribution < 1.29 is 27.5 Å². The number of methoxy groups -OCH3 is 1. The van der Waals surface area contributed by atoms with Gasteiger partial charge in [-0.1, -0.05) is 12.1 Å². The van der Waals surface area contributed by atoms with Crippen LogP contribution in [0, 0.1) is 0 Å². The molecule has 1 heterocycles. The maximum Gasteiger partial charge on any atom is 0.262 e. The van der Waals surface area contributed by atoms with Gasteiger partial charge in [-0.2, -0.15) is 0 Å². The average Bonchev–Trinajstić information content (AvgIpc) is 2.71.